The molecule has 21 heavy (non-hydrogen) atoms. The summed E-state index contributed by atoms with van der Waals surface area (Å²) in [5.41, 5.74) is 3.15. The van der Waals surface area contributed by atoms with E-state index in [0.29, 0.717) is 13.1 Å². The van der Waals surface area contributed by atoms with E-state index in [9.17, 15) is 4.79 Å². The Kier molecular flexibility index (Phi) is 5.23. The summed E-state index contributed by atoms with van der Waals surface area (Å²) >= 11 is 6.16. The van der Waals surface area contributed by atoms with Crippen LogP contribution in [0.4, 0.5) is 5.69 Å². The molecule has 0 atom stereocenters. The highest BCUT2D eigenvalue weighted by Crippen LogP contribution is 2.20. The van der Waals surface area contributed by atoms with Gasteiger partial charge in [0.05, 0.1) is 0 Å². The molecule has 0 aromatic heterocycles. The number of hydrogen-bond acceptors (Lipinski definition) is 2. The summed E-state index contributed by atoms with van der Waals surface area (Å²) < 4.78 is 0. The van der Waals surface area contributed by atoms with Crippen LogP contribution in [0.1, 0.15) is 18.1 Å². The Bertz CT molecular complexity index is 628. The molecule has 1 amide bonds. The Balaban J connectivity index is 2.10. The zero-order chi connectivity index (χ0) is 15.2. The maximum absolute atomic E-state index is 11.4. The summed E-state index contributed by atoms with van der Waals surface area (Å²) in [6.07, 6.45) is 0. The zero-order valence-electron chi connectivity index (χ0n) is 12.3. The molecule has 0 aliphatic heterocycles. The Morgan fingerprint density at radius 1 is 1.10 bits per heavy atom. The van der Waals surface area contributed by atoms with Crippen molar-refractivity contribution in [2.45, 2.75) is 20.0 Å². The van der Waals surface area contributed by atoms with Gasteiger partial charge >= 0.3 is 0 Å². The molecule has 0 heterocycles. The minimum atomic E-state index is 0.0518. The summed E-state index contributed by atoms with van der Waals surface area (Å²) in [5.74, 6) is 0.0518. The maximum atomic E-state index is 11.4. The van der Waals surface area contributed by atoms with Gasteiger partial charge in [0.25, 0.3) is 0 Å². The van der Waals surface area contributed by atoms with Gasteiger partial charge in [-0.05, 0) is 23.3 Å². The molecule has 0 aliphatic rings. The van der Waals surface area contributed by atoms with Crippen LogP contribution in [0.25, 0.3) is 0 Å². The third-order valence-electron chi connectivity index (χ3n) is 3.39. The number of carbonyl (C=O) groups excluding carboxylic acids is 1. The number of nitrogens with zero attached hydrogens (tertiary/aromatic N) is 1. The highest BCUT2D eigenvalue weighted by Gasteiger charge is 2.07. The molecule has 2 rings (SSSR count). The van der Waals surface area contributed by atoms with Crippen molar-refractivity contribution >= 4 is 23.2 Å². The number of para-hydroxylation sites is 1. The molecule has 2 aromatic carbocycles. The van der Waals surface area contributed by atoms with Gasteiger partial charge in [-0.15, -0.1) is 0 Å². The molecule has 0 spiro atoms. The Hall–Kier alpha value is -2.00. The average molecular weight is 303 g/mol. The molecule has 0 fully saturated rings. The number of amides is 1. The normalized spacial score (nSPS) is 10.2. The first kappa shape index (κ1) is 15.4. The topological polar surface area (TPSA) is 32.3 Å². The molecule has 2 aromatic rings. The molecule has 0 unspecified atom stereocenters. The van der Waals surface area contributed by atoms with Gasteiger partial charge in [0.15, 0.2) is 0 Å². The average Bonchev–Trinajstić information content (AvgIpc) is 2.47. The number of rotatable bonds is 5. The fourth-order valence-corrected chi connectivity index (χ4v) is 2.23. The largest absolute Gasteiger partial charge is 0.381 e. The van der Waals surface area contributed by atoms with E-state index in [0.717, 1.165) is 21.8 Å². The van der Waals surface area contributed by atoms with Crippen molar-refractivity contribution in [1.82, 2.24) is 4.90 Å². The minimum Gasteiger partial charge on any atom is -0.381 e. The molecule has 4 heteroatoms. The smallest absolute Gasteiger partial charge is 0.219 e. The van der Waals surface area contributed by atoms with Crippen molar-refractivity contribution in [3.63, 3.8) is 0 Å². The Labute approximate surface area is 130 Å². The van der Waals surface area contributed by atoms with Gasteiger partial charge in [0.2, 0.25) is 5.91 Å². The van der Waals surface area contributed by atoms with Crippen LogP contribution in [0.15, 0.2) is 48.5 Å². The minimum absolute atomic E-state index is 0.0518. The van der Waals surface area contributed by atoms with Gasteiger partial charge in [-0.1, -0.05) is 48.0 Å². The van der Waals surface area contributed by atoms with Crippen molar-refractivity contribution < 1.29 is 4.79 Å². The summed E-state index contributed by atoms with van der Waals surface area (Å²) in [4.78, 5) is 13.1. The monoisotopic (exact) mass is 302 g/mol. The molecular weight excluding hydrogens is 284 g/mol. The van der Waals surface area contributed by atoms with Crippen molar-refractivity contribution in [2.24, 2.45) is 0 Å². The molecule has 0 saturated heterocycles. The van der Waals surface area contributed by atoms with Gasteiger partial charge in [-0.3, -0.25) is 4.79 Å². The molecule has 0 radical (unpaired) electrons. The van der Waals surface area contributed by atoms with Gasteiger partial charge in [-0.25, -0.2) is 0 Å². The van der Waals surface area contributed by atoms with Gasteiger partial charge in [-0.2, -0.15) is 0 Å². The number of carbonyl (C=O) groups is 1. The predicted octanol–water partition coefficient (Wildman–Crippen LogP) is 3.93. The molecule has 1 N–H and O–H groups in total. The Morgan fingerprint density at radius 3 is 2.38 bits per heavy atom. The van der Waals surface area contributed by atoms with Crippen molar-refractivity contribution in [1.29, 1.82) is 0 Å². The van der Waals surface area contributed by atoms with Crippen LogP contribution in [-0.4, -0.2) is 17.9 Å². The lowest BCUT2D eigenvalue weighted by Gasteiger charge is -2.18. The lowest BCUT2D eigenvalue weighted by atomic mass is 10.1. The summed E-state index contributed by atoms with van der Waals surface area (Å²) in [6, 6.07) is 15.8. The van der Waals surface area contributed by atoms with E-state index in [1.54, 1.807) is 18.9 Å². The first-order valence-corrected chi connectivity index (χ1v) is 7.22. The van der Waals surface area contributed by atoms with E-state index in [1.165, 1.54) is 0 Å². The van der Waals surface area contributed by atoms with E-state index in [2.05, 4.69) is 5.32 Å². The second-order valence-electron chi connectivity index (χ2n) is 4.98. The van der Waals surface area contributed by atoms with Crippen LogP contribution in [0.2, 0.25) is 5.02 Å². The van der Waals surface area contributed by atoms with Crippen LogP contribution in [0.5, 0.6) is 0 Å². The summed E-state index contributed by atoms with van der Waals surface area (Å²) in [7, 11) is 1.80. The molecule has 0 bridgehead atoms. The zero-order valence-corrected chi connectivity index (χ0v) is 13.0. The number of benzene rings is 2. The first-order chi connectivity index (χ1) is 10.1. The first-order valence-electron chi connectivity index (χ1n) is 6.85. The van der Waals surface area contributed by atoms with E-state index >= 15 is 0 Å². The quantitative estimate of drug-likeness (QED) is 0.907. The standard InChI is InChI=1S/C17H19ClN2O/c1-13(21)20(2)12-15-8-4-6-10-17(15)19-11-14-7-3-5-9-16(14)18/h3-10,19H,11-12H2,1-2H3. The van der Waals surface area contributed by atoms with E-state index in [4.69, 9.17) is 11.6 Å². The summed E-state index contributed by atoms with van der Waals surface area (Å²) in [6.45, 7) is 2.81. The Morgan fingerprint density at radius 2 is 1.71 bits per heavy atom. The van der Waals surface area contributed by atoms with Crippen LogP contribution < -0.4 is 5.32 Å². The lowest BCUT2D eigenvalue weighted by molar-refractivity contribution is -0.128. The fourth-order valence-electron chi connectivity index (χ4n) is 2.03. The second kappa shape index (κ2) is 7.14. The SMILES string of the molecule is CC(=O)N(C)Cc1ccccc1NCc1ccccc1Cl. The van der Waals surface area contributed by atoms with E-state index in [1.807, 2.05) is 48.5 Å². The molecular formula is C17H19ClN2O. The highest BCUT2D eigenvalue weighted by molar-refractivity contribution is 6.31. The van der Waals surface area contributed by atoms with Gasteiger partial charge in [0, 0.05) is 37.8 Å². The number of nitrogens with one attached hydrogen (secondary N) is 1. The number of anilines is 1. The molecule has 3 nitrogen and oxygen atoms in total. The van der Waals surface area contributed by atoms with Gasteiger partial charge in [0.1, 0.15) is 0 Å². The number of hydrogen-bond donors (Lipinski definition) is 1. The van der Waals surface area contributed by atoms with Crippen molar-refractivity contribution in [2.75, 3.05) is 12.4 Å². The predicted molar refractivity (Wildman–Crippen MR) is 87.4 cm³/mol. The highest BCUT2D eigenvalue weighted by atomic mass is 35.5. The molecule has 0 saturated carbocycles. The van der Waals surface area contributed by atoms with Crippen molar-refractivity contribution in [3.8, 4) is 0 Å². The van der Waals surface area contributed by atoms with Crippen LogP contribution >= 0.6 is 11.6 Å². The van der Waals surface area contributed by atoms with Crippen LogP contribution in [0.3, 0.4) is 0 Å². The second-order valence-corrected chi connectivity index (χ2v) is 5.38. The molecule has 0 aliphatic carbocycles. The third-order valence-corrected chi connectivity index (χ3v) is 3.76. The van der Waals surface area contributed by atoms with E-state index in [-0.39, 0.29) is 5.91 Å². The van der Waals surface area contributed by atoms with Crippen LogP contribution in [0, 0.1) is 0 Å². The van der Waals surface area contributed by atoms with Crippen LogP contribution in [-0.2, 0) is 17.9 Å². The maximum Gasteiger partial charge on any atom is 0.219 e. The van der Waals surface area contributed by atoms with E-state index < -0.39 is 0 Å². The third kappa shape index (κ3) is 4.23. The summed E-state index contributed by atoms with van der Waals surface area (Å²) in [5, 5.41) is 4.15. The fraction of sp³-hybridized carbons (Fsp3) is 0.235. The van der Waals surface area contributed by atoms with Crippen molar-refractivity contribution in [3.05, 3.63) is 64.7 Å². The number of halogens is 1. The lowest BCUT2D eigenvalue weighted by Crippen LogP contribution is -2.23. The molecule has 110 valence electrons. The van der Waals surface area contributed by atoms with Gasteiger partial charge < -0.3 is 10.2 Å².